The third-order valence-electron chi connectivity index (χ3n) is 6.02. The molecule has 192 valence electrons. The predicted molar refractivity (Wildman–Crippen MR) is 152 cm³/mol. The molecule has 1 amide bonds. The summed E-state index contributed by atoms with van der Waals surface area (Å²) in [6, 6.07) is 20.1. The smallest absolute Gasteiger partial charge is 0.234 e. The Morgan fingerprint density at radius 3 is 2.32 bits per heavy atom. The number of rotatable bonds is 7. The topological polar surface area (TPSA) is 69.0 Å². The number of nitrogens with zero attached hydrogens (tertiary/aromatic N) is 3. The molecule has 4 aromatic rings. The van der Waals surface area contributed by atoms with E-state index in [1.807, 2.05) is 23.6 Å². The van der Waals surface area contributed by atoms with Crippen molar-refractivity contribution in [2.75, 3.05) is 18.2 Å². The number of carbonyl (C=O) groups excluding carboxylic acids is 1. The first kappa shape index (κ1) is 26.8. The monoisotopic (exact) mass is 534 g/mol. The van der Waals surface area contributed by atoms with Gasteiger partial charge in [-0.3, -0.25) is 9.36 Å². The summed E-state index contributed by atoms with van der Waals surface area (Å²) in [4.78, 5) is 12.9. The van der Waals surface area contributed by atoms with Gasteiger partial charge in [0.25, 0.3) is 0 Å². The average molecular weight is 535 g/mol. The van der Waals surface area contributed by atoms with E-state index in [0.29, 0.717) is 21.6 Å². The van der Waals surface area contributed by atoms with Crippen LogP contribution in [0, 0.1) is 13.8 Å². The zero-order chi connectivity index (χ0) is 26.7. The highest BCUT2D eigenvalue weighted by atomic mass is 35.5. The largest absolute Gasteiger partial charge is 0.495 e. The SMILES string of the molecule is COc1cc(Cl)c(C)cc1NC(=O)CSc1nnc(-c2ccc(C(C)(C)C)cc2)n1-c1ccc(C)cc1. The molecule has 0 spiro atoms. The van der Waals surface area contributed by atoms with Gasteiger partial charge in [-0.15, -0.1) is 10.2 Å². The first-order valence-corrected chi connectivity index (χ1v) is 13.3. The normalized spacial score (nSPS) is 11.4. The molecule has 0 aliphatic rings. The molecule has 37 heavy (non-hydrogen) atoms. The van der Waals surface area contributed by atoms with Crippen molar-refractivity contribution >= 4 is 35.0 Å². The minimum absolute atomic E-state index is 0.0584. The van der Waals surface area contributed by atoms with Gasteiger partial charge >= 0.3 is 0 Å². The number of benzene rings is 3. The highest BCUT2D eigenvalue weighted by Gasteiger charge is 2.19. The number of halogens is 1. The van der Waals surface area contributed by atoms with Crippen molar-refractivity contribution in [2.45, 2.75) is 45.2 Å². The number of carbonyl (C=O) groups is 1. The van der Waals surface area contributed by atoms with Gasteiger partial charge < -0.3 is 10.1 Å². The van der Waals surface area contributed by atoms with Gasteiger partial charge in [-0.1, -0.05) is 86.1 Å². The summed E-state index contributed by atoms with van der Waals surface area (Å²) in [5.41, 5.74) is 5.79. The predicted octanol–water partition coefficient (Wildman–Crippen LogP) is 7.24. The highest BCUT2D eigenvalue weighted by molar-refractivity contribution is 7.99. The summed E-state index contributed by atoms with van der Waals surface area (Å²) >= 11 is 7.52. The maximum Gasteiger partial charge on any atom is 0.234 e. The Morgan fingerprint density at radius 1 is 1.03 bits per heavy atom. The molecule has 8 heteroatoms. The summed E-state index contributed by atoms with van der Waals surface area (Å²) in [5, 5.41) is 13.1. The molecule has 0 atom stereocenters. The molecular weight excluding hydrogens is 504 g/mol. The molecule has 0 saturated heterocycles. The summed E-state index contributed by atoms with van der Waals surface area (Å²) < 4.78 is 7.38. The van der Waals surface area contributed by atoms with Gasteiger partial charge in [0.2, 0.25) is 5.91 Å². The maximum atomic E-state index is 12.9. The van der Waals surface area contributed by atoms with Gasteiger partial charge in [-0.2, -0.15) is 0 Å². The fourth-order valence-corrected chi connectivity index (χ4v) is 4.75. The van der Waals surface area contributed by atoms with Gasteiger partial charge in [0.05, 0.1) is 18.6 Å². The van der Waals surface area contributed by atoms with Crippen molar-refractivity contribution in [3.8, 4) is 22.8 Å². The molecule has 0 aliphatic heterocycles. The van der Waals surface area contributed by atoms with Crippen LogP contribution in [0.15, 0.2) is 65.8 Å². The Labute approximate surface area is 227 Å². The van der Waals surface area contributed by atoms with Crippen LogP contribution < -0.4 is 10.1 Å². The third kappa shape index (κ3) is 6.17. The van der Waals surface area contributed by atoms with Crippen LogP contribution in [0.4, 0.5) is 5.69 Å². The van der Waals surface area contributed by atoms with E-state index in [9.17, 15) is 4.79 Å². The third-order valence-corrected chi connectivity index (χ3v) is 7.36. The number of amides is 1. The number of hydrogen-bond donors (Lipinski definition) is 1. The number of methoxy groups -OCH3 is 1. The maximum absolute atomic E-state index is 12.9. The minimum atomic E-state index is -0.181. The summed E-state index contributed by atoms with van der Waals surface area (Å²) in [7, 11) is 1.55. The first-order valence-electron chi connectivity index (χ1n) is 12.0. The van der Waals surface area contributed by atoms with Crippen LogP contribution >= 0.6 is 23.4 Å². The summed E-state index contributed by atoms with van der Waals surface area (Å²) in [6.07, 6.45) is 0. The lowest BCUT2D eigenvalue weighted by Crippen LogP contribution is -2.15. The minimum Gasteiger partial charge on any atom is -0.495 e. The molecule has 0 bridgehead atoms. The lowest BCUT2D eigenvalue weighted by Gasteiger charge is -2.19. The van der Waals surface area contributed by atoms with Crippen LogP contribution in [-0.2, 0) is 10.2 Å². The second-order valence-electron chi connectivity index (χ2n) is 9.94. The molecule has 0 aliphatic carbocycles. The molecule has 4 rings (SSSR count). The number of thioether (sulfide) groups is 1. The van der Waals surface area contributed by atoms with Crippen LogP contribution in [-0.4, -0.2) is 33.5 Å². The van der Waals surface area contributed by atoms with Crippen molar-refractivity contribution in [3.05, 3.63) is 82.4 Å². The van der Waals surface area contributed by atoms with Crippen LogP contribution in [0.3, 0.4) is 0 Å². The number of nitrogens with one attached hydrogen (secondary N) is 1. The fourth-order valence-electron chi connectivity index (χ4n) is 3.84. The number of ether oxygens (including phenoxy) is 1. The first-order chi connectivity index (χ1) is 17.6. The van der Waals surface area contributed by atoms with Gasteiger partial charge in [-0.05, 0) is 48.6 Å². The second kappa shape index (κ2) is 11.0. The molecule has 1 aromatic heterocycles. The molecule has 6 nitrogen and oxygen atoms in total. The Morgan fingerprint density at radius 2 is 1.70 bits per heavy atom. The Balaban J connectivity index is 1.61. The average Bonchev–Trinajstić information content (AvgIpc) is 3.29. The van der Waals surface area contributed by atoms with Crippen molar-refractivity contribution in [3.63, 3.8) is 0 Å². The lowest BCUT2D eigenvalue weighted by atomic mass is 9.87. The fraction of sp³-hybridized carbons (Fsp3) is 0.276. The van der Waals surface area contributed by atoms with Gasteiger partial charge in [0.1, 0.15) is 5.75 Å². The summed E-state index contributed by atoms with van der Waals surface area (Å²) in [6.45, 7) is 10.5. The van der Waals surface area contributed by atoms with E-state index < -0.39 is 0 Å². The van der Waals surface area contributed by atoms with E-state index in [-0.39, 0.29) is 17.1 Å². The van der Waals surface area contributed by atoms with E-state index in [2.05, 4.69) is 79.6 Å². The van der Waals surface area contributed by atoms with E-state index in [1.54, 1.807) is 19.2 Å². The van der Waals surface area contributed by atoms with Gasteiger partial charge in [0.15, 0.2) is 11.0 Å². The number of hydrogen-bond acceptors (Lipinski definition) is 5. The van der Waals surface area contributed by atoms with Gasteiger partial charge in [0, 0.05) is 22.3 Å². The van der Waals surface area contributed by atoms with Crippen LogP contribution in [0.25, 0.3) is 17.1 Å². The number of aromatic nitrogens is 3. The van der Waals surface area contributed by atoms with Crippen molar-refractivity contribution < 1.29 is 9.53 Å². The van der Waals surface area contributed by atoms with E-state index in [4.69, 9.17) is 16.3 Å². The molecule has 3 aromatic carbocycles. The van der Waals surface area contributed by atoms with Crippen LogP contribution in [0.5, 0.6) is 5.75 Å². The Bertz CT molecular complexity index is 1410. The number of aryl methyl sites for hydroxylation is 2. The Kier molecular flexibility index (Phi) is 7.95. The molecule has 0 fully saturated rings. The highest BCUT2D eigenvalue weighted by Crippen LogP contribution is 2.33. The van der Waals surface area contributed by atoms with Crippen LogP contribution in [0.1, 0.15) is 37.5 Å². The van der Waals surface area contributed by atoms with Crippen molar-refractivity contribution in [1.29, 1.82) is 0 Å². The summed E-state index contributed by atoms with van der Waals surface area (Å²) in [5.74, 6) is 1.21. The van der Waals surface area contributed by atoms with Crippen LogP contribution in [0.2, 0.25) is 5.02 Å². The molecule has 0 radical (unpaired) electrons. The van der Waals surface area contributed by atoms with E-state index in [0.717, 1.165) is 28.2 Å². The molecule has 0 saturated carbocycles. The van der Waals surface area contributed by atoms with E-state index in [1.165, 1.54) is 17.3 Å². The number of anilines is 1. The molecule has 1 heterocycles. The Hall–Kier alpha value is -3.29. The zero-order valence-corrected chi connectivity index (χ0v) is 23.5. The van der Waals surface area contributed by atoms with Crippen molar-refractivity contribution in [1.82, 2.24) is 14.8 Å². The standard InChI is InChI=1S/C29H31ClN4O2S/c1-18-7-13-22(14-8-18)34-27(20-9-11-21(12-10-20)29(3,4)5)32-33-28(34)37-17-26(35)31-24-15-19(2)23(30)16-25(24)36-6/h7-16H,17H2,1-6H3,(H,31,35). The molecule has 1 N–H and O–H groups in total. The molecular formula is C29H31ClN4O2S. The van der Waals surface area contributed by atoms with Gasteiger partial charge in [-0.25, -0.2) is 0 Å². The van der Waals surface area contributed by atoms with E-state index >= 15 is 0 Å². The second-order valence-corrected chi connectivity index (χ2v) is 11.3. The lowest BCUT2D eigenvalue weighted by molar-refractivity contribution is -0.113. The quantitative estimate of drug-likeness (QED) is 0.253. The zero-order valence-electron chi connectivity index (χ0n) is 21.9. The van der Waals surface area contributed by atoms with Crippen molar-refractivity contribution in [2.24, 2.45) is 0 Å². The molecule has 0 unspecified atom stereocenters.